The van der Waals surface area contributed by atoms with E-state index in [1.54, 1.807) is 6.92 Å². The Morgan fingerprint density at radius 2 is 1.89 bits per heavy atom. The molecule has 0 atom stereocenters. The van der Waals surface area contributed by atoms with Gasteiger partial charge in [0.25, 0.3) is 10.0 Å². The van der Waals surface area contributed by atoms with Crippen molar-refractivity contribution in [2.75, 3.05) is 10.5 Å². The summed E-state index contributed by atoms with van der Waals surface area (Å²) in [5.74, 6) is -0.558. The van der Waals surface area contributed by atoms with E-state index in [-0.39, 0.29) is 16.5 Å². The zero-order valence-corrected chi connectivity index (χ0v) is 10.8. The molecular formula is C11H11FN4O2S. The van der Waals surface area contributed by atoms with Gasteiger partial charge >= 0.3 is 0 Å². The number of nitrogens with two attached hydrogens (primary N) is 1. The first-order valence-electron chi connectivity index (χ1n) is 5.25. The van der Waals surface area contributed by atoms with E-state index in [2.05, 4.69) is 14.7 Å². The average Bonchev–Trinajstić information content (AvgIpc) is 2.34. The third kappa shape index (κ3) is 2.97. The van der Waals surface area contributed by atoms with E-state index >= 15 is 0 Å². The molecule has 0 aliphatic carbocycles. The fraction of sp³-hybridized carbons (Fsp3) is 0.0909. The summed E-state index contributed by atoms with van der Waals surface area (Å²) in [6.45, 7) is 1.66. The van der Waals surface area contributed by atoms with E-state index in [9.17, 15) is 12.8 Å². The number of aromatic nitrogens is 2. The Morgan fingerprint density at radius 1 is 1.26 bits per heavy atom. The number of nitrogens with one attached hydrogen (secondary N) is 1. The second-order valence-electron chi connectivity index (χ2n) is 3.84. The zero-order chi connectivity index (χ0) is 14.0. The summed E-state index contributed by atoms with van der Waals surface area (Å²) in [5, 5.41) is 0. The third-order valence-corrected chi connectivity index (χ3v) is 3.72. The molecule has 19 heavy (non-hydrogen) atoms. The van der Waals surface area contributed by atoms with Gasteiger partial charge in [0.05, 0.1) is 18.1 Å². The summed E-state index contributed by atoms with van der Waals surface area (Å²) in [6.07, 6.45) is 2.17. The van der Waals surface area contributed by atoms with Crippen LogP contribution in [0.25, 0.3) is 0 Å². The fourth-order valence-electron chi connectivity index (χ4n) is 1.37. The lowest BCUT2D eigenvalue weighted by atomic mass is 10.2. The van der Waals surface area contributed by atoms with Crippen molar-refractivity contribution in [3.8, 4) is 0 Å². The maximum absolute atomic E-state index is 13.1. The van der Waals surface area contributed by atoms with Gasteiger partial charge in [-0.15, -0.1) is 0 Å². The summed E-state index contributed by atoms with van der Waals surface area (Å²) in [6, 6.07) is 3.83. The van der Waals surface area contributed by atoms with Crippen molar-refractivity contribution in [2.24, 2.45) is 0 Å². The number of anilines is 2. The van der Waals surface area contributed by atoms with Crippen LogP contribution in [0, 0.1) is 12.7 Å². The molecule has 100 valence electrons. The van der Waals surface area contributed by atoms with E-state index in [1.165, 1.54) is 12.1 Å². The molecule has 0 radical (unpaired) electrons. The first-order valence-corrected chi connectivity index (χ1v) is 6.73. The maximum atomic E-state index is 13.1. The molecule has 6 nitrogen and oxygen atoms in total. The summed E-state index contributed by atoms with van der Waals surface area (Å²) < 4.78 is 39.4. The van der Waals surface area contributed by atoms with Gasteiger partial charge in [-0.25, -0.2) is 22.8 Å². The Kier molecular flexibility index (Phi) is 3.34. The lowest BCUT2D eigenvalue weighted by molar-refractivity contribution is 0.600. The second kappa shape index (κ2) is 4.81. The summed E-state index contributed by atoms with van der Waals surface area (Å²) in [4.78, 5) is 7.05. The SMILES string of the molecule is Cc1ccc(F)cc1NS(=O)(=O)c1cnc(N)nc1. The fourth-order valence-corrected chi connectivity index (χ4v) is 2.38. The van der Waals surface area contributed by atoms with Crippen LogP contribution in [0.4, 0.5) is 16.0 Å². The number of hydrogen-bond donors (Lipinski definition) is 2. The van der Waals surface area contributed by atoms with Crippen LogP contribution >= 0.6 is 0 Å². The summed E-state index contributed by atoms with van der Waals surface area (Å²) >= 11 is 0. The van der Waals surface area contributed by atoms with Crippen molar-refractivity contribution in [2.45, 2.75) is 11.8 Å². The number of sulfonamides is 1. The molecule has 8 heteroatoms. The molecule has 0 amide bonds. The van der Waals surface area contributed by atoms with Crippen molar-refractivity contribution >= 4 is 21.7 Å². The molecule has 3 N–H and O–H groups in total. The average molecular weight is 282 g/mol. The van der Waals surface area contributed by atoms with E-state index in [4.69, 9.17) is 5.73 Å². The van der Waals surface area contributed by atoms with E-state index in [0.717, 1.165) is 18.5 Å². The van der Waals surface area contributed by atoms with Gasteiger partial charge in [0.15, 0.2) is 0 Å². The highest BCUT2D eigenvalue weighted by Crippen LogP contribution is 2.20. The molecule has 0 aliphatic rings. The Hall–Kier alpha value is -2.22. The van der Waals surface area contributed by atoms with Gasteiger partial charge in [-0.1, -0.05) is 6.07 Å². The van der Waals surface area contributed by atoms with Crippen LogP contribution in [0.2, 0.25) is 0 Å². The largest absolute Gasteiger partial charge is 0.368 e. The molecule has 0 bridgehead atoms. The predicted octanol–water partition coefficient (Wildman–Crippen LogP) is 1.31. The van der Waals surface area contributed by atoms with Crippen molar-refractivity contribution in [1.82, 2.24) is 9.97 Å². The predicted molar refractivity (Wildman–Crippen MR) is 68.4 cm³/mol. The van der Waals surface area contributed by atoms with E-state index < -0.39 is 15.8 Å². The van der Waals surface area contributed by atoms with Crippen LogP contribution in [0.5, 0.6) is 0 Å². The molecule has 1 aromatic heterocycles. The van der Waals surface area contributed by atoms with Crippen LogP contribution in [-0.4, -0.2) is 18.4 Å². The van der Waals surface area contributed by atoms with Crippen LogP contribution in [-0.2, 0) is 10.0 Å². The van der Waals surface area contributed by atoms with Crippen molar-refractivity contribution in [3.05, 3.63) is 42.0 Å². The van der Waals surface area contributed by atoms with Gasteiger partial charge < -0.3 is 5.73 Å². The molecule has 0 aliphatic heterocycles. The minimum absolute atomic E-state index is 0.0270. The van der Waals surface area contributed by atoms with E-state index in [1.807, 2.05) is 0 Å². The standard InChI is InChI=1S/C11H11FN4O2S/c1-7-2-3-8(12)4-10(7)16-19(17,18)9-5-14-11(13)15-6-9/h2-6,16H,1H3,(H2,13,14,15). The molecular weight excluding hydrogens is 271 g/mol. The first kappa shape index (κ1) is 13.2. The topological polar surface area (TPSA) is 98.0 Å². The number of halogens is 1. The monoisotopic (exact) mass is 282 g/mol. The van der Waals surface area contributed by atoms with Crippen LogP contribution in [0.1, 0.15) is 5.56 Å². The van der Waals surface area contributed by atoms with Gasteiger partial charge in [-0.3, -0.25) is 4.72 Å². The van der Waals surface area contributed by atoms with Gasteiger partial charge in [-0.05, 0) is 24.6 Å². The normalized spacial score (nSPS) is 11.3. The molecule has 2 rings (SSSR count). The van der Waals surface area contributed by atoms with Crippen LogP contribution in [0.15, 0.2) is 35.5 Å². The van der Waals surface area contributed by atoms with Crippen LogP contribution < -0.4 is 10.5 Å². The third-order valence-electron chi connectivity index (χ3n) is 2.40. The van der Waals surface area contributed by atoms with E-state index in [0.29, 0.717) is 5.56 Å². The Balaban J connectivity index is 2.36. The molecule has 1 aromatic carbocycles. The molecule has 0 saturated heterocycles. The smallest absolute Gasteiger partial charge is 0.264 e. The Labute approximate surface area is 109 Å². The number of aryl methyl sites for hydroxylation is 1. The van der Waals surface area contributed by atoms with Crippen molar-refractivity contribution in [1.29, 1.82) is 0 Å². The highest BCUT2D eigenvalue weighted by atomic mass is 32.2. The number of nitrogen functional groups attached to an aromatic ring is 1. The van der Waals surface area contributed by atoms with Gasteiger partial charge in [0.2, 0.25) is 5.95 Å². The van der Waals surface area contributed by atoms with Gasteiger partial charge in [0, 0.05) is 0 Å². The summed E-state index contributed by atoms with van der Waals surface area (Å²) in [5.41, 5.74) is 6.04. The number of hydrogen-bond acceptors (Lipinski definition) is 5. The first-order chi connectivity index (χ1) is 8.88. The van der Waals surface area contributed by atoms with Crippen LogP contribution in [0.3, 0.4) is 0 Å². The molecule has 0 saturated carbocycles. The number of rotatable bonds is 3. The quantitative estimate of drug-likeness (QED) is 0.884. The lowest BCUT2D eigenvalue weighted by Crippen LogP contribution is -2.15. The minimum atomic E-state index is -3.87. The van der Waals surface area contributed by atoms with Crippen molar-refractivity contribution in [3.63, 3.8) is 0 Å². The molecule has 2 aromatic rings. The van der Waals surface area contributed by atoms with Gasteiger partial charge in [-0.2, -0.15) is 0 Å². The minimum Gasteiger partial charge on any atom is -0.368 e. The second-order valence-corrected chi connectivity index (χ2v) is 5.52. The molecule has 0 fully saturated rings. The highest BCUT2D eigenvalue weighted by Gasteiger charge is 2.16. The highest BCUT2D eigenvalue weighted by molar-refractivity contribution is 7.92. The number of benzene rings is 1. The molecule has 1 heterocycles. The summed E-state index contributed by atoms with van der Waals surface area (Å²) in [7, 11) is -3.87. The Bertz CT molecular complexity index is 701. The molecule has 0 spiro atoms. The maximum Gasteiger partial charge on any atom is 0.264 e. The van der Waals surface area contributed by atoms with Crippen molar-refractivity contribution < 1.29 is 12.8 Å². The van der Waals surface area contributed by atoms with Gasteiger partial charge in [0.1, 0.15) is 10.7 Å². The molecule has 0 unspecified atom stereocenters. The number of nitrogens with zero attached hydrogens (tertiary/aromatic N) is 2. The zero-order valence-electron chi connectivity index (χ0n) is 9.96. The Morgan fingerprint density at radius 3 is 2.53 bits per heavy atom. The lowest BCUT2D eigenvalue weighted by Gasteiger charge is -2.10.